The minimum atomic E-state index is 0. The Morgan fingerprint density at radius 3 is 2.00 bits per heavy atom. The van der Waals surface area contributed by atoms with Crippen LogP contribution in [0.4, 0.5) is 0 Å². The van der Waals surface area contributed by atoms with Gasteiger partial charge in [0.2, 0.25) is 0 Å². The van der Waals surface area contributed by atoms with E-state index in [1.54, 1.807) is 14.2 Å². The Labute approximate surface area is 103 Å². The predicted octanol–water partition coefficient (Wildman–Crippen LogP) is 2.93. The van der Waals surface area contributed by atoms with Crippen molar-refractivity contribution in [2.75, 3.05) is 14.2 Å². The minimum Gasteiger partial charge on any atom is -0.497 e. The average molecular weight is 246 g/mol. The van der Waals surface area contributed by atoms with Crippen molar-refractivity contribution in [1.82, 2.24) is 0 Å². The van der Waals surface area contributed by atoms with Crippen molar-refractivity contribution in [2.24, 2.45) is 5.73 Å². The van der Waals surface area contributed by atoms with E-state index in [2.05, 4.69) is 6.92 Å². The van der Waals surface area contributed by atoms with E-state index in [1.165, 1.54) is 0 Å². The molecule has 0 unspecified atom stereocenters. The third-order valence-electron chi connectivity index (χ3n) is 2.40. The summed E-state index contributed by atoms with van der Waals surface area (Å²) in [5, 5.41) is 0. The van der Waals surface area contributed by atoms with Crippen LogP contribution in [0.25, 0.3) is 0 Å². The fraction of sp³-hybridized carbons (Fsp3) is 0.500. The largest absolute Gasteiger partial charge is 0.497 e. The van der Waals surface area contributed by atoms with Crippen LogP contribution in [0.1, 0.15) is 31.4 Å². The lowest BCUT2D eigenvalue weighted by atomic mass is 10.0. The molecule has 0 radical (unpaired) electrons. The first-order chi connectivity index (χ1) is 7.21. The van der Waals surface area contributed by atoms with E-state index in [0.29, 0.717) is 0 Å². The number of halogens is 1. The van der Waals surface area contributed by atoms with Gasteiger partial charge >= 0.3 is 0 Å². The minimum absolute atomic E-state index is 0. The Balaban J connectivity index is 0.00000225. The summed E-state index contributed by atoms with van der Waals surface area (Å²) in [5.41, 5.74) is 7.10. The molecule has 0 aliphatic heterocycles. The molecular formula is C12H20ClNO2. The Morgan fingerprint density at radius 1 is 1.12 bits per heavy atom. The molecule has 0 heterocycles. The third kappa shape index (κ3) is 3.91. The van der Waals surface area contributed by atoms with Gasteiger partial charge in [-0.3, -0.25) is 0 Å². The zero-order chi connectivity index (χ0) is 11.3. The van der Waals surface area contributed by atoms with E-state index < -0.39 is 0 Å². The lowest BCUT2D eigenvalue weighted by Gasteiger charge is -2.13. The summed E-state index contributed by atoms with van der Waals surface area (Å²) in [6.45, 7) is 2.12. The molecule has 0 aliphatic carbocycles. The molecule has 92 valence electrons. The number of methoxy groups -OCH3 is 2. The summed E-state index contributed by atoms with van der Waals surface area (Å²) in [5.74, 6) is 1.58. The van der Waals surface area contributed by atoms with Gasteiger partial charge in [0, 0.05) is 12.1 Å². The van der Waals surface area contributed by atoms with Gasteiger partial charge in [-0.25, -0.2) is 0 Å². The summed E-state index contributed by atoms with van der Waals surface area (Å²) >= 11 is 0. The van der Waals surface area contributed by atoms with Crippen molar-refractivity contribution >= 4 is 12.4 Å². The molecule has 0 spiro atoms. The van der Waals surface area contributed by atoms with Crippen LogP contribution < -0.4 is 15.2 Å². The van der Waals surface area contributed by atoms with Crippen LogP contribution in [-0.2, 0) is 0 Å². The SMILES string of the molecule is CCC[C@@H](N)c1cc(OC)cc(OC)c1.Cl. The van der Waals surface area contributed by atoms with Crippen molar-refractivity contribution in [3.05, 3.63) is 23.8 Å². The van der Waals surface area contributed by atoms with E-state index in [1.807, 2.05) is 18.2 Å². The van der Waals surface area contributed by atoms with Gasteiger partial charge in [-0.1, -0.05) is 13.3 Å². The lowest BCUT2D eigenvalue weighted by molar-refractivity contribution is 0.392. The first-order valence-electron chi connectivity index (χ1n) is 5.19. The first kappa shape index (κ1) is 15.1. The van der Waals surface area contributed by atoms with Crippen LogP contribution in [0.2, 0.25) is 0 Å². The van der Waals surface area contributed by atoms with Crippen LogP contribution in [0.15, 0.2) is 18.2 Å². The standard InChI is InChI=1S/C12H19NO2.ClH/c1-4-5-12(13)9-6-10(14-2)8-11(7-9)15-3;/h6-8,12H,4-5,13H2,1-3H3;1H/t12-;/m1./s1. The molecule has 2 N–H and O–H groups in total. The molecule has 1 aromatic carbocycles. The second-order valence-corrected chi connectivity index (χ2v) is 3.54. The van der Waals surface area contributed by atoms with Gasteiger partial charge in [0.25, 0.3) is 0 Å². The second kappa shape index (κ2) is 7.36. The van der Waals surface area contributed by atoms with Crippen molar-refractivity contribution in [2.45, 2.75) is 25.8 Å². The monoisotopic (exact) mass is 245 g/mol. The van der Waals surface area contributed by atoms with E-state index in [9.17, 15) is 0 Å². The third-order valence-corrected chi connectivity index (χ3v) is 2.40. The van der Waals surface area contributed by atoms with E-state index >= 15 is 0 Å². The van der Waals surface area contributed by atoms with Crippen LogP contribution >= 0.6 is 12.4 Å². The molecule has 1 rings (SSSR count). The molecule has 4 heteroatoms. The number of rotatable bonds is 5. The summed E-state index contributed by atoms with van der Waals surface area (Å²) in [6, 6.07) is 5.83. The van der Waals surface area contributed by atoms with Crippen LogP contribution in [0, 0.1) is 0 Å². The quantitative estimate of drug-likeness (QED) is 0.868. The highest BCUT2D eigenvalue weighted by atomic mass is 35.5. The van der Waals surface area contributed by atoms with Crippen molar-refractivity contribution in [3.8, 4) is 11.5 Å². The predicted molar refractivity (Wildman–Crippen MR) is 68.6 cm³/mol. The molecule has 0 saturated heterocycles. The number of ether oxygens (including phenoxy) is 2. The summed E-state index contributed by atoms with van der Waals surface area (Å²) < 4.78 is 10.4. The zero-order valence-corrected chi connectivity index (χ0v) is 10.8. The summed E-state index contributed by atoms with van der Waals surface area (Å²) in [7, 11) is 3.29. The van der Waals surface area contributed by atoms with Gasteiger partial charge in [0.1, 0.15) is 11.5 Å². The molecule has 3 nitrogen and oxygen atoms in total. The Morgan fingerprint density at radius 2 is 1.62 bits per heavy atom. The Hall–Kier alpha value is -0.930. The molecule has 1 aromatic rings. The van der Waals surface area contributed by atoms with Crippen LogP contribution in [0.3, 0.4) is 0 Å². The van der Waals surface area contributed by atoms with Crippen LogP contribution in [-0.4, -0.2) is 14.2 Å². The highest BCUT2D eigenvalue weighted by Gasteiger charge is 2.08. The van der Waals surface area contributed by atoms with Gasteiger partial charge in [-0.2, -0.15) is 0 Å². The normalized spacial score (nSPS) is 11.5. The maximum absolute atomic E-state index is 6.04. The number of hydrogen-bond donors (Lipinski definition) is 1. The van der Waals surface area contributed by atoms with Gasteiger partial charge < -0.3 is 15.2 Å². The summed E-state index contributed by atoms with van der Waals surface area (Å²) in [4.78, 5) is 0. The molecule has 16 heavy (non-hydrogen) atoms. The maximum Gasteiger partial charge on any atom is 0.122 e. The first-order valence-corrected chi connectivity index (χ1v) is 5.19. The lowest BCUT2D eigenvalue weighted by Crippen LogP contribution is -2.10. The van der Waals surface area contributed by atoms with Crippen molar-refractivity contribution < 1.29 is 9.47 Å². The van der Waals surface area contributed by atoms with Crippen molar-refractivity contribution in [1.29, 1.82) is 0 Å². The van der Waals surface area contributed by atoms with Crippen molar-refractivity contribution in [3.63, 3.8) is 0 Å². The Kier molecular flexibility index (Phi) is 6.93. The number of benzene rings is 1. The highest BCUT2D eigenvalue weighted by molar-refractivity contribution is 5.85. The molecule has 0 bridgehead atoms. The smallest absolute Gasteiger partial charge is 0.122 e. The number of nitrogens with two attached hydrogens (primary N) is 1. The Bertz CT molecular complexity index is 296. The average Bonchev–Trinajstić information content (AvgIpc) is 2.28. The number of hydrogen-bond acceptors (Lipinski definition) is 3. The fourth-order valence-electron chi connectivity index (χ4n) is 1.52. The zero-order valence-electron chi connectivity index (χ0n) is 10.0. The van der Waals surface area contributed by atoms with Gasteiger partial charge in [0.05, 0.1) is 14.2 Å². The maximum atomic E-state index is 6.04. The van der Waals surface area contributed by atoms with E-state index in [0.717, 1.165) is 29.9 Å². The molecule has 0 aliphatic rings. The molecule has 0 fully saturated rings. The van der Waals surface area contributed by atoms with Gasteiger partial charge in [0.15, 0.2) is 0 Å². The fourth-order valence-corrected chi connectivity index (χ4v) is 1.52. The van der Waals surface area contributed by atoms with E-state index in [4.69, 9.17) is 15.2 Å². The molecule has 1 atom stereocenters. The topological polar surface area (TPSA) is 44.5 Å². The summed E-state index contributed by atoms with van der Waals surface area (Å²) in [6.07, 6.45) is 2.04. The van der Waals surface area contributed by atoms with Crippen LogP contribution in [0.5, 0.6) is 11.5 Å². The van der Waals surface area contributed by atoms with Gasteiger partial charge in [-0.15, -0.1) is 12.4 Å². The second-order valence-electron chi connectivity index (χ2n) is 3.54. The molecule has 0 saturated carbocycles. The molecule has 0 amide bonds. The molecular weight excluding hydrogens is 226 g/mol. The molecule has 0 aromatic heterocycles. The van der Waals surface area contributed by atoms with E-state index in [-0.39, 0.29) is 18.4 Å². The highest BCUT2D eigenvalue weighted by Crippen LogP contribution is 2.27. The van der Waals surface area contributed by atoms with Gasteiger partial charge in [-0.05, 0) is 24.1 Å².